The molecule has 0 fully saturated rings. The Morgan fingerprint density at radius 2 is 1.04 bits per heavy atom. The second-order valence-corrected chi connectivity index (χ2v) is 14.5. The number of hydrogen-bond acceptors (Lipinski definition) is 4. The maximum atomic E-state index is 9.29. The van der Waals surface area contributed by atoms with Crippen LogP contribution in [0.25, 0.3) is 104 Å². The molecule has 3 aromatic heterocycles. The van der Waals surface area contributed by atoms with Crippen molar-refractivity contribution in [3.8, 4) is 62.1 Å². The van der Waals surface area contributed by atoms with Crippen molar-refractivity contribution in [1.82, 2.24) is 19.5 Å². The minimum Gasteiger partial charge on any atom is -0.309 e. The normalized spacial score (nSPS) is 13.8. The Labute approximate surface area is 340 Å². The maximum absolute atomic E-state index is 9.29. The van der Waals surface area contributed by atoms with Gasteiger partial charge in [-0.3, -0.25) is 0 Å². The van der Waals surface area contributed by atoms with Gasteiger partial charge in [0.2, 0.25) is 0 Å². The van der Waals surface area contributed by atoms with E-state index in [1.807, 2.05) is 84.9 Å². The van der Waals surface area contributed by atoms with Gasteiger partial charge in [0, 0.05) is 47.6 Å². The van der Waals surface area contributed by atoms with E-state index >= 15 is 0 Å². The molecule has 262 valence electrons. The summed E-state index contributed by atoms with van der Waals surface area (Å²) in [6.45, 7) is 0. The smallest absolute Gasteiger partial charge is 0.166 e. The van der Waals surface area contributed by atoms with Crippen molar-refractivity contribution in [2.75, 3.05) is 0 Å². The van der Waals surface area contributed by atoms with Gasteiger partial charge in [-0.1, -0.05) is 151 Å². The van der Waals surface area contributed by atoms with E-state index in [4.69, 9.17) is 24.5 Å². The van der Waals surface area contributed by atoms with Crippen molar-refractivity contribution in [3.05, 3.63) is 194 Å². The largest absolute Gasteiger partial charge is 0.309 e. The van der Waals surface area contributed by atoms with Crippen molar-refractivity contribution in [1.29, 1.82) is 0 Å². The summed E-state index contributed by atoms with van der Waals surface area (Å²) in [5.41, 5.74) is 5.72. The molecule has 5 heteroatoms. The second kappa shape index (κ2) is 13.3. The SMILES string of the molecule is [2H]c1c([2H])c([2H])c(-c2ccc3c(c2)c2c([2H])c([2H])c([2H])c([2H])c2n3-c2ccccc2-c2nc(-c3ccc(-c4ccccc4)cc3)nc(-c3ccc4c(c3)sc3ccccc34)n2)c([2H])c1[2H]. The summed E-state index contributed by atoms with van der Waals surface area (Å²) in [5.74, 6) is 1.21. The van der Waals surface area contributed by atoms with Crippen molar-refractivity contribution in [2.24, 2.45) is 0 Å². The number of nitrogens with zero attached hydrogens (tertiary/aromatic N) is 4. The Balaban J connectivity index is 1.16. The highest BCUT2D eigenvalue weighted by Gasteiger charge is 2.20. The highest BCUT2D eigenvalue weighted by atomic mass is 32.1. The zero-order valence-corrected chi connectivity index (χ0v) is 30.3. The Morgan fingerprint density at radius 3 is 1.91 bits per heavy atom. The number of fused-ring (bicyclic) bond motifs is 6. The van der Waals surface area contributed by atoms with Gasteiger partial charge in [-0.05, 0) is 64.7 Å². The van der Waals surface area contributed by atoms with Crippen LogP contribution in [0.3, 0.4) is 0 Å². The molecule has 0 spiro atoms. The fraction of sp³-hybridized carbons (Fsp3) is 0. The van der Waals surface area contributed by atoms with E-state index in [0.717, 1.165) is 32.3 Å². The molecule has 0 aliphatic carbocycles. The molecule has 8 aromatic carbocycles. The van der Waals surface area contributed by atoms with Gasteiger partial charge in [-0.15, -0.1) is 11.3 Å². The molecule has 0 saturated carbocycles. The molecule has 56 heavy (non-hydrogen) atoms. The molecule has 0 aliphatic rings. The number of hydrogen-bond donors (Lipinski definition) is 0. The van der Waals surface area contributed by atoms with Gasteiger partial charge in [0.1, 0.15) is 0 Å². The first-order chi connectivity index (χ1) is 31.5. The quantitative estimate of drug-likeness (QED) is 0.170. The van der Waals surface area contributed by atoms with Gasteiger partial charge < -0.3 is 4.57 Å². The van der Waals surface area contributed by atoms with E-state index in [1.54, 1.807) is 34.1 Å². The topological polar surface area (TPSA) is 43.6 Å². The lowest BCUT2D eigenvalue weighted by Crippen LogP contribution is -2.03. The molecule has 0 bridgehead atoms. The Kier molecular flexibility index (Phi) is 5.75. The lowest BCUT2D eigenvalue weighted by Gasteiger charge is -2.15. The standard InChI is InChI=1S/C51H32N4S/c1-3-13-33(14-4-1)35-23-25-36(26-24-35)49-52-50(38-27-29-41-40-18-9-12-22-47(40)56-48(41)32-38)54-51(53-49)42-19-8-11-21-45(42)55-44-20-10-7-17-39(44)43-31-37(28-30-46(43)55)34-15-5-2-6-16-34/h1-32H/i2D,5D,6D,7D,10D,15D,16D,17D,20D. The number of thiophene rings is 1. The van der Waals surface area contributed by atoms with E-state index in [2.05, 4.69) is 36.4 Å². The van der Waals surface area contributed by atoms with Crippen LogP contribution in [0, 0.1) is 0 Å². The van der Waals surface area contributed by atoms with Crippen molar-refractivity contribution < 1.29 is 12.3 Å². The van der Waals surface area contributed by atoms with Crippen molar-refractivity contribution >= 4 is 53.3 Å². The van der Waals surface area contributed by atoms with Crippen LogP contribution in [-0.4, -0.2) is 19.5 Å². The molecule has 11 aromatic rings. The minimum atomic E-state index is -0.512. The predicted octanol–water partition coefficient (Wildman–Crippen LogP) is 13.7. The zero-order valence-electron chi connectivity index (χ0n) is 38.5. The molecule has 0 N–H and O–H groups in total. The van der Waals surface area contributed by atoms with Crippen LogP contribution in [0.4, 0.5) is 0 Å². The summed E-state index contributed by atoms with van der Waals surface area (Å²) in [5, 5.41) is 2.92. The third-order valence-corrected chi connectivity index (χ3v) is 11.2. The van der Waals surface area contributed by atoms with Crippen LogP contribution < -0.4 is 0 Å². The lowest BCUT2D eigenvalue weighted by molar-refractivity contribution is 1.06. The van der Waals surface area contributed by atoms with Gasteiger partial charge in [0.25, 0.3) is 0 Å². The highest BCUT2D eigenvalue weighted by molar-refractivity contribution is 7.25. The molecule has 0 radical (unpaired) electrons. The molecule has 0 saturated heterocycles. The average Bonchev–Trinajstić information content (AvgIpc) is 3.89. The summed E-state index contributed by atoms with van der Waals surface area (Å²) in [6.07, 6.45) is 0. The molecule has 0 unspecified atom stereocenters. The van der Waals surface area contributed by atoms with Gasteiger partial charge in [0.15, 0.2) is 17.5 Å². The molecule has 4 nitrogen and oxygen atoms in total. The first-order valence-corrected chi connectivity index (χ1v) is 18.9. The molecule has 3 heterocycles. The van der Waals surface area contributed by atoms with Crippen LogP contribution >= 0.6 is 11.3 Å². The van der Waals surface area contributed by atoms with E-state index in [0.29, 0.717) is 45.2 Å². The van der Waals surface area contributed by atoms with Gasteiger partial charge in [-0.25, -0.2) is 15.0 Å². The van der Waals surface area contributed by atoms with Gasteiger partial charge >= 0.3 is 0 Å². The van der Waals surface area contributed by atoms with Crippen LogP contribution in [-0.2, 0) is 0 Å². The molecule has 11 rings (SSSR count). The lowest BCUT2D eigenvalue weighted by atomic mass is 10.0. The number of benzene rings is 8. The van der Waals surface area contributed by atoms with E-state index in [1.165, 1.54) is 10.1 Å². The summed E-state index contributed by atoms with van der Waals surface area (Å²) in [7, 11) is 0. The monoisotopic (exact) mass is 741 g/mol. The third-order valence-electron chi connectivity index (χ3n) is 10.1. The van der Waals surface area contributed by atoms with Gasteiger partial charge in [-0.2, -0.15) is 0 Å². The second-order valence-electron chi connectivity index (χ2n) is 13.4. The summed E-state index contributed by atoms with van der Waals surface area (Å²) in [4.78, 5) is 15.3. The van der Waals surface area contributed by atoms with E-state index in [9.17, 15) is 2.74 Å². The van der Waals surface area contributed by atoms with E-state index in [-0.39, 0.29) is 40.6 Å². The first kappa shape index (κ1) is 24.2. The minimum absolute atomic E-state index is 0.0177. The Bertz CT molecular complexity index is 3750. The van der Waals surface area contributed by atoms with E-state index < -0.39 is 30.2 Å². The van der Waals surface area contributed by atoms with Crippen molar-refractivity contribution in [2.45, 2.75) is 0 Å². The first-order valence-electron chi connectivity index (χ1n) is 22.5. The Hall–Kier alpha value is -7.21. The zero-order chi connectivity index (χ0) is 44.8. The molecule has 0 atom stereocenters. The van der Waals surface area contributed by atoms with Crippen LogP contribution in [0.1, 0.15) is 12.3 Å². The van der Waals surface area contributed by atoms with Gasteiger partial charge in [0.05, 0.1) is 29.1 Å². The average molecular weight is 742 g/mol. The van der Waals surface area contributed by atoms with Crippen LogP contribution in [0.15, 0.2) is 194 Å². The molecular weight excluding hydrogens is 701 g/mol. The number of aromatic nitrogens is 4. The van der Waals surface area contributed by atoms with Crippen molar-refractivity contribution in [3.63, 3.8) is 0 Å². The van der Waals surface area contributed by atoms with Crippen LogP contribution in [0.2, 0.25) is 0 Å². The molecular formula is C51H32N4S. The highest BCUT2D eigenvalue weighted by Crippen LogP contribution is 2.39. The molecule has 0 aliphatic heterocycles. The predicted molar refractivity (Wildman–Crippen MR) is 234 cm³/mol. The summed E-state index contributed by atoms with van der Waals surface area (Å²) < 4.78 is 82.2. The maximum Gasteiger partial charge on any atom is 0.166 e. The number of rotatable bonds is 6. The number of para-hydroxylation sites is 2. The van der Waals surface area contributed by atoms with Crippen LogP contribution in [0.5, 0.6) is 0 Å². The molecule has 0 amide bonds. The fourth-order valence-electron chi connectivity index (χ4n) is 7.44. The third kappa shape index (κ3) is 5.48. The Morgan fingerprint density at radius 1 is 0.393 bits per heavy atom. The fourth-order valence-corrected chi connectivity index (χ4v) is 8.59. The summed E-state index contributed by atoms with van der Waals surface area (Å²) in [6, 6.07) is 41.4. The summed E-state index contributed by atoms with van der Waals surface area (Å²) >= 11 is 1.70.